The molecule has 3 aromatic rings. The van der Waals surface area contributed by atoms with Crippen LogP contribution in [0.15, 0.2) is 66.3 Å². The molecule has 216 valence electrons. The van der Waals surface area contributed by atoms with Crippen molar-refractivity contribution in [3.05, 3.63) is 72.4 Å². The predicted octanol–water partition coefficient (Wildman–Crippen LogP) is 4.53. The molecule has 4 rings (SSSR count). The highest BCUT2D eigenvalue weighted by molar-refractivity contribution is 5.95. The van der Waals surface area contributed by atoms with Crippen molar-refractivity contribution in [2.75, 3.05) is 50.1 Å². The molecule has 2 heterocycles. The highest BCUT2D eigenvalue weighted by Gasteiger charge is 2.13. The Balaban J connectivity index is 1.47. The minimum absolute atomic E-state index is 0.159. The SMILES string of the molecule is C=Cn1cc(-c2cccc(C(=O)NCCCCCCC(=O)O)c2)nc(Nc2ccc(N3CCOCC3)cc2)c1=NC. The molecule has 0 bridgehead atoms. The maximum absolute atomic E-state index is 12.8. The Kier molecular flexibility index (Phi) is 10.7. The Morgan fingerprint density at radius 3 is 2.56 bits per heavy atom. The summed E-state index contributed by atoms with van der Waals surface area (Å²) in [4.78, 5) is 35.0. The normalized spacial score (nSPS) is 13.6. The molecule has 0 aliphatic carbocycles. The quantitative estimate of drug-likeness (QED) is 0.264. The van der Waals surface area contributed by atoms with Gasteiger partial charge in [-0.15, -0.1) is 0 Å². The fraction of sp³-hybridized carbons (Fsp3) is 0.355. The number of anilines is 3. The zero-order chi connectivity index (χ0) is 29.0. The molecule has 0 radical (unpaired) electrons. The predicted molar refractivity (Wildman–Crippen MR) is 161 cm³/mol. The summed E-state index contributed by atoms with van der Waals surface area (Å²) in [7, 11) is 1.71. The summed E-state index contributed by atoms with van der Waals surface area (Å²) in [6.45, 7) is 7.70. The average Bonchev–Trinajstić information content (AvgIpc) is 3.00. The maximum atomic E-state index is 12.8. The van der Waals surface area contributed by atoms with Crippen molar-refractivity contribution >= 4 is 35.3 Å². The molecule has 10 nitrogen and oxygen atoms in total. The van der Waals surface area contributed by atoms with Crippen LogP contribution in [0.25, 0.3) is 17.5 Å². The van der Waals surface area contributed by atoms with Crippen LogP contribution in [0.4, 0.5) is 17.2 Å². The lowest BCUT2D eigenvalue weighted by Crippen LogP contribution is -2.36. The van der Waals surface area contributed by atoms with Crippen molar-refractivity contribution in [2.24, 2.45) is 4.99 Å². The molecule has 0 saturated carbocycles. The first-order valence-electron chi connectivity index (χ1n) is 14.0. The molecule has 3 N–H and O–H groups in total. The molecule has 1 aliphatic heterocycles. The van der Waals surface area contributed by atoms with Crippen LogP contribution in [0.3, 0.4) is 0 Å². The van der Waals surface area contributed by atoms with Crippen LogP contribution in [0, 0.1) is 0 Å². The molecular formula is C31H38N6O4. The lowest BCUT2D eigenvalue weighted by molar-refractivity contribution is -0.137. The number of aromatic nitrogens is 2. The van der Waals surface area contributed by atoms with Crippen LogP contribution in [0.2, 0.25) is 0 Å². The van der Waals surface area contributed by atoms with Crippen LogP contribution in [-0.4, -0.2) is 66.4 Å². The number of nitrogens with one attached hydrogen (secondary N) is 2. The standard InChI is InChI=1S/C31H38N6O4/c1-3-36-22-27(23-9-8-10-24(21-23)31(40)33-16-7-5-4-6-11-28(38)39)35-29(30(36)32-2)34-25-12-14-26(15-13-25)37-17-19-41-20-18-37/h3,8-10,12-15,21-22H,1,4-7,11,16-20H2,2H3,(H,33,40)(H,34,35)(H,38,39). The summed E-state index contributed by atoms with van der Waals surface area (Å²) in [6.07, 6.45) is 6.87. The number of hydrogen-bond acceptors (Lipinski definition) is 7. The van der Waals surface area contributed by atoms with Gasteiger partial charge in [0.15, 0.2) is 11.3 Å². The van der Waals surface area contributed by atoms with E-state index in [1.807, 2.05) is 41.1 Å². The number of morpholine rings is 1. The third-order valence-corrected chi connectivity index (χ3v) is 6.89. The van der Waals surface area contributed by atoms with E-state index in [-0.39, 0.29) is 12.3 Å². The first kappa shape index (κ1) is 29.5. The van der Waals surface area contributed by atoms with E-state index in [0.29, 0.717) is 35.5 Å². The molecule has 0 atom stereocenters. The van der Waals surface area contributed by atoms with Crippen molar-refractivity contribution in [3.63, 3.8) is 0 Å². The van der Waals surface area contributed by atoms with Crippen molar-refractivity contribution < 1.29 is 19.4 Å². The Labute approximate surface area is 240 Å². The van der Waals surface area contributed by atoms with Gasteiger partial charge in [-0.2, -0.15) is 0 Å². The summed E-state index contributed by atoms with van der Waals surface area (Å²) in [5, 5.41) is 15.1. The number of carboxylic acids is 1. The van der Waals surface area contributed by atoms with Gasteiger partial charge in [0.1, 0.15) is 0 Å². The van der Waals surface area contributed by atoms with Gasteiger partial charge in [0.25, 0.3) is 5.91 Å². The number of rotatable bonds is 13. The second-order valence-electron chi connectivity index (χ2n) is 9.78. The second kappa shape index (κ2) is 14.8. The van der Waals surface area contributed by atoms with Gasteiger partial charge in [0, 0.05) is 68.0 Å². The van der Waals surface area contributed by atoms with Gasteiger partial charge < -0.3 is 29.9 Å². The smallest absolute Gasteiger partial charge is 0.303 e. The largest absolute Gasteiger partial charge is 0.481 e. The summed E-state index contributed by atoms with van der Waals surface area (Å²) >= 11 is 0. The second-order valence-corrected chi connectivity index (χ2v) is 9.78. The topological polar surface area (TPSA) is 121 Å². The zero-order valence-electron chi connectivity index (χ0n) is 23.5. The number of hydrogen-bond donors (Lipinski definition) is 3. The number of unbranched alkanes of at least 4 members (excludes halogenated alkanes) is 3. The van der Waals surface area contributed by atoms with Crippen molar-refractivity contribution in [3.8, 4) is 11.3 Å². The number of benzene rings is 2. The summed E-state index contributed by atoms with van der Waals surface area (Å²) in [5.74, 6) is -0.360. The van der Waals surface area contributed by atoms with E-state index < -0.39 is 5.97 Å². The van der Waals surface area contributed by atoms with Crippen molar-refractivity contribution in [2.45, 2.75) is 32.1 Å². The number of carbonyl (C=O) groups excluding carboxylic acids is 1. The molecule has 1 aliphatic rings. The monoisotopic (exact) mass is 558 g/mol. The lowest BCUT2D eigenvalue weighted by Gasteiger charge is -2.28. The van der Waals surface area contributed by atoms with Gasteiger partial charge in [0.2, 0.25) is 0 Å². The molecule has 1 fully saturated rings. The molecule has 1 saturated heterocycles. The number of carbonyl (C=O) groups is 2. The highest BCUT2D eigenvalue weighted by Crippen LogP contribution is 2.23. The van der Waals surface area contributed by atoms with Crippen LogP contribution in [-0.2, 0) is 9.53 Å². The molecule has 41 heavy (non-hydrogen) atoms. The molecule has 0 unspecified atom stereocenters. The Hall–Kier alpha value is -4.44. The zero-order valence-corrected chi connectivity index (χ0v) is 23.5. The van der Waals surface area contributed by atoms with Crippen LogP contribution in [0.1, 0.15) is 42.5 Å². The van der Waals surface area contributed by atoms with Gasteiger partial charge in [-0.05, 0) is 49.2 Å². The molecule has 1 aromatic heterocycles. The molecule has 0 spiro atoms. The Bertz CT molecular complexity index is 1410. The maximum Gasteiger partial charge on any atom is 0.303 e. The molecule has 1 amide bonds. The summed E-state index contributed by atoms with van der Waals surface area (Å²) < 4.78 is 7.27. The van der Waals surface area contributed by atoms with Crippen molar-refractivity contribution in [1.82, 2.24) is 14.9 Å². The van der Waals surface area contributed by atoms with Gasteiger partial charge >= 0.3 is 5.97 Å². The van der Waals surface area contributed by atoms with E-state index in [1.54, 1.807) is 19.3 Å². The van der Waals surface area contributed by atoms with E-state index in [4.69, 9.17) is 14.8 Å². The highest BCUT2D eigenvalue weighted by atomic mass is 16.5. The number of nitrogens with zero attached hydrogens (tertiary/aromatic N) is 4. The van der Waals surface area contributed by atoms with Crippen molar-refractivity contribution in [1.29, 1.82) is 0 Å². The van der Waals surface area contributed by atoms with Crippen LogP contribution >= 0.6 is 0 Å². The van der Waals surface area contributed by atoms with Gasteiger partial charge in [0.05, 0.1) is 18.9 Å². The molecule has 10 heteroatoms. The van der Waals surface area contributed by atoms with Gasteiger partial charge in [-0.25, -0.2) is 4.98 Å². The van der Waals surface area contributed by atoms with E-state index in [2.05, 4.69) is 39.2 Å². The minimum Gasteiger partial charge on any atom is -0.481 e. The van der Waals surface area contributed by atoms with E-state index in [1.165, 1.54) is 0 Å². The first-order valence-corrected chi connectivity index (χ1v) is 14.0. The number of aliphatic carboxylic acids is 1. The fourth-order valence-electron chi connectivity index (χ4n) is 4.69. The minimum atomic E-state index is -0.772. The number of ether oxygens (including phenoxy) is 1. The van der Waals surface area contributed by atoms with E-state index in [9.17, 15) is 9.59 Å². The lowest BCUT2D eigenvalue weighted by atomic mass is 10.1. The average molecular weight is 559 g/mol. The van der Waals surface area contributed by atoms with Gasteiger partial charge in [-0.3, -0.25) is 14.6 Å². The van der Waals surface area contributed by atoms with Crippen LogP contribution < -0.4 is 21.0 Å². The van der Waals surface area contributed by atoms with E-state index in [0.717, 1.165) is 62.5 Å². The Morgan fingerprint density at radius 1 is 1.10 bits per heavy atom. The van der Waals surface area contributed by atoms with E-state index >= 15 is 0 Å². The van der Waals surface area contributed by atoms with Crippen LogP contribution in [0.5, 0.6) is 0 Å². The number of amides is 1. The number of carboxylic acid groups (broad SMARTS) is 1. The molecular weight excluding hydrogens is 520 g/mol. The fourth-order valence-corrected chi connectivity index (χ4v) is 4.69. The summed E-state index contributed by atoms with van der Waals surface area (Å²) in [6, 6.07) is 15.6. The molecule has 2 aromatic carbocycles. The third-order valence-electron chi connectivity index (χ3n) is 6.89. The van der Waals surface area contributed by atoms with Gasteiger partial charge in [-0.1, -0.05) is 31.6 Å². The first-order chi connectivity index (χ1) is 20.0. The third kappa shape index (κ3) is 8.28. The summed E-state index contributed by atoms with van der Waals surface area (Å²) in [5.41, 5.74) is 4.64. The Morgan fingerprint density at radius 2 is 1.85 bits per heavy atom.